The summed E-state index contributed by atoms with van der Waals surface area (Å²) in [6.45, 7) is 3.57. The summed E-state index contributed by atoms with van der Waals surface area (Å²) in [5, 5.41) is 5.72. The van der Waals surface area contributed by atoms with Gasteiger partial charge >= 0.3 is 6.18 Å². The van der Waals surface area contributed by atoms with Crippen LogP contribution in [0.5, 0.6) is 11.5 Å². The second kappa shape index (κ2) is 13.6. The monoisotopic (exact) mass is 549 g/mol. The SMILES string of the molecule is CCC/C=C\C(=NC)C(=O)Nc1ccc(Oc2ccccc2F)c(C(F)(F)F)c1N1CCN(C)[C@@H](CNC)C1. The Morgan fingerprint density at radius 3 is 2.56 bits per heavy atom. The van der Waals surface area contributed by atoms with E-state index in [1.807, 2.05) is 14.0 Å². The molecule has 1 aliphatic heterocycles. The van der Waals surface area contributed by atoms with Crippen molar-refractivity contribution in [2.24, 2.45) is 4.99 Å². The smallest absolute Gasteiger partial charge is 0.422 e. The molecule has 3 rings (SSSR count). The fourth-order valence-corrected chi connectivity index (χ4v) is 4.41. The number of para-hydroxylation sites is 1. The predicted octanol–water partition coefficient (Wildman–Crippen LogP) is 5.34. The summed E-state index contributed by atoms with van der Waals surface area (Å²) < 4.78 is 64.1. The first-order chi connectivity index (χ1) is 18.6. The highest BCUT2D eigenvalue weighted by Gasteiger charge is 2.42. The van der Waals surface area contributed by atoms with Crippen LogP contribution in [0.25, 0.3) is 0 Å². The lowest BCUT2D eigenvalue weighted by Gasteiger charge is -2.42. The van der Waals surface area contributed by atoms with E-state index in [0.717, 1.165) is 25.0 Å². The number of carbonyl (C=O) groups is 1. The second-order valence-corrected chi connectivity index (χ2v) is 9.26. The molecule has 1 amide bonds. The number of hydrogen-bond acceptors (Lipinski definition) is 6. The molecule has 0 aromatic heterocycles. The number of halogens is 4. The third kappa shape index (κ3) is 7.57. The molecular weight excluding hydrogens is 514 g/mol. The van der Waals surface area contributed by atoms with Gasteiger partial charge in [-0.2, -0.15) is 13.2 Å². The van der Waals surface area contributed by atoms with Crippen LogP contribution in [0.3, 0.4) is 0 Å². The maximum Gasteiger partial charge on any atom is 0.422 e. The Labute approximate surface area is 226 Å². The average Bonchev–Trinajstić information content (AvgIpc) is 2.89. The zero-order chi connectivity index (χ0) is 28.6. The summed E-state index contributed by atoms with van der Waals surface area (Å²) in [5.41, 5.74) is -1.27. The first kappa shape index (κ1) is 30.1. The van der Waals surface area contributed by atoms with Crippen LogP contribution in [-0.4, -0.2) is 69.9 Å². The maximum absolute atomic E-state index is 14.8. The molecule has 0 aliphatic carbocycles. The number of piperazine rings is 1. The van der Waals surface area contributed by atoms with E-state index >= 15 is 0 Å². The lowest BCUT2D eigenvalue weighted by molar-refractivity contribution is -0.138. The van der Waals surface area contributed by atoms with Crippen LogP contribution in [0.1, 0.15) is 25.3 Å². The van der Waals surface area contributed by atoms with Crippen LogP contribution in [0.15, 0.2) is 53.5 Å². The number of nitrogens with zero attached hydrogens (tertiary/aromatic N) is 3. The standard InChI is InChI=1S/C28H35F4N5O2/c1-5-6-7-11-22(34-3)27(38)35-21-13-14-24(39-23-12-9-8-10-20(23)29)25(28(30,31)32)26(21)37-16-15-36(4)19(18-37)17-33-2/h7-14,19,33H,5-6,15-18H2,1-4H3,(H,35,38)/b11-7-,34-22?/t19-/m0/s1. The number of unbranched alkanes of at least 4 members (excludes halogenated alkanes) is 1. The van der Waals surface area contributed by atoms with Gasteiger partial charge in [-0.1, -0.05) is 31.6 Å². The third-order valence-electron chi connectivity index (χ3n) is 6.47. The fraction of sp³-hybridized carbons (Fsp3) is 0.429. The molecular formula is C28H35F4N5O2. The number of ether oxygens (including phenoxy) is 1. The number of nitrogens with one attached hydrogen (secondary N) is 2. The highest BCUT2D eigenvalue weighted by Crippen LogP contribution is 2.48. The van der Waals surface area contributed by atoms with Gasteiger partial charge < -0.3 is 20.3 Å². The summed E-state index contributed by atoms with van der Waals surface area (Å²) in [7, 11) is 5.14. The highest BCUT2D eigenvalue weighted by molar-refractivity contribution is 6.47. The van der Waals surface area contributed by atoms with Crippen molar-refractivity contribution >= 4 is 23.0 Å². The first-order valence-electron chi connectivity index (χ1n) is 12.8. The summed E-state index contributed by atoms with van der Waals surface area (Å²) in [5.74, 6) is -2.32. The molecule has 2 aromatic rings. The van der Waals surface area contributed by atoms with Gasteiger partial charge in [0, 0.05) is 39.3 Å². The van der Waals surface area contributed by atoms with Gasteiger partial charge in [-0.15, -0.1) is 0 Å². The number of rotatable bonds is 10. The molecule has 7 nitrogen and oxygen atoms in total. The number of benzene rings is 2. The van der Waals surface area contributed by atoms with Crippen molar-refractivity contribution < 1.29 is 27.1 Å². The number of aliphatic imine (C=N–C) groups is 1. The molecule has 1 atom stereocenters. The van der Waals surface area contributed by atoms with Crippen LogP contribution < -0.4 is 20.3 Å². The average molecular weight is 550 g/mol. The molecule has 0 unspecified atom stereocenters. The Hall–Kier alpha value is -3.44. The minimum atomic E-state index is -4.87. The summed E-state index contributed by atoms with van der Waals surface area (Å²) in [4.78, 5) is 20.8. The minimum Gasteiger partial charge on any atom is -0.454 e. The van der Waals surface area contributed by atoms with Crippen molar-refractivity contribution in [3.8, 4) is 11.5 Å². The topological polar surface area (TPSA) is 69.2 Å². The Balaban J connectivity index is 2.14. The Morgan fingerprint density at radius 1 is 1.18 bits per heavy atom. The molecule has 2 N–H and O–H groups in total. The summed E-state index contributed by atoms with van der Waals surface area (Å²) in [6.07, 6.45) is 0.0673. The van der Waals surface area contributed by atoms with Gasteiger partial charge in [-0.3, -0.25) is 14.7 Å². The molecule has 1 fully saturated rings. The number of carbonyl (C=O) groups excluding carboxylic acids is 1. The zero-order valence-electron chi connectivity index (χ0n) is 22.6. The second-order valence-electron chi connectivity index (χ2n) is 9.26. The minimum absolute atomic E-state index is 0.0361. The van der Waals surface area contributed by atoms with Crippen molar-refractivity contribution in [2.75, 3.05) is 57.5 Å². The van der Waals surface area contributed by atoms with Gasteiger partial charge in [0.15, 0.2) is 11.6 Å². The summed E-state index contributed by atoms with van der Waals surface area (Å²) in [6, 6.07) is 7.63. The molecule has 0 spiro atoms. The quantitative estimate of drug-likeness (QED) is 0.309. The molecule has 0 saturated carbocycles. The molecule has 39 heavy (non-hydrogen) atoms. The van der Waals surface area contributed by atoms with Crippen molar-refractivity contribution in [3.05, 3.63) is 59.9 Å². The number of amides is 1. The molecule has 0 bridgehead atoms. The maximum atomic E-state index is 14.8. The van der Waals surface area contributed by atoms with Crippen LogP contribution in [-0.2, 0) is 11.0 Å². The molecule has 212 valence electrons. The molecule has 2 aromatic carbocycles. The number of allylic oxidation sites excluding steroid dienone is 1. The van der Waals surface area contributed by atoms with E-state index in [4.69, 9.17) is 4.74 Å². The third-order valence-corrected chi connectivity index (χ3v) is 6.47. The summed E-state index contributed by atoms with van der Waals surface area (Å²) >= 11 is 0. The zero-order valence-corrected chi connectivity index (χ0v) is 22.6. The Kier molecular flexibility index (Phi) is 10.5. The van der Waals surface area contributed by atoms with Crippen LogP contribution in [0, 0.1) is 5.82 Å². The fourth-order valence-electron chi connectivity index (χ4n) is 4.41. The van der Waals surface area contributed by atoms with Gasteiger partial charge in [0.25, 0.3) is 5.91 Å². The highest BCUT2D eigenvalue weighted by atomic mass is 19.4. The van der Waals surface area contributed by atoms with Crippen molar-refractivity contribution in [3.63, 3.8) is 0 Å². The van der Waals surface area contributed by atoms with E-state index in [-0.39, 0.29) is 42.0 Å². The van der Waals surface area contributed by atoms with Crippen LogP contribution in [0.4, 0.5) is 28.9 Å². The van der Waals surface area contributed by atoms with Crippen molar-refractivity contribution in [1.29, 1.82) is 0 Å². The Bertz CT molecular complexity index is 1200. The van der Waals surface area contributed by atoms with E-state index in [0.29, 0.717) is 13.1 Å². The lowest BCUT2D eigenvalue weighted by atomic mass is 10.0. The van der Waals surface area contributed by atoms with Crippen molar-refractivity contribution in [1.82, 2.24) is 10.2 Å². The molecule has 1 aliphatic rings. The van der Waals surface area contributed by atoms with Gasteiger partial charge in [0.05, 0.1) is 11.4 Å². The lowest BCUT2D eigenvalue weighted by Crippen LogP contribution is -2.55. The predicted molar refractivity (Wildman–Crippen MR) is 147 cm³/mol. The van der Waals surface area contributed by atoms with Gasteiger partial charge in [-0.05, 0) is 50.9 Å². The van der Waals surface area contributed by atoms with E-state index in [1.54, 1.807) is 24.1 Å². The molecule has 0 radical (unpaired) electrons. The Morgan fingerprint density at radius 2 is 1.92 bits per heavy atom. The number of likely N-dealkylation sites (N-methyl/N-ethyl adjacent to an activating group) is 2. The largest absolute Gasteiger partial charge is 0.454 e. The van der Waals surface area contributed by atoms with E-state index in [2.05, 4.69) is 20.5 Å². The number of alkyl halides is 3. The number of hydrogen-bond donors (Lipinski definition) is 2. The van der Waals surface area contributed by atoms with Crippen LogP contribution in [0.2, 0.25) is 0 Å². The van der Waals surface area contributed by atoms with E-state index < -0.39 is 29.2 Å². The van der Waals surface area contributed by atoms with Crippen LogP contribution >= 0.6 is 0 Å². The molecule has 11 heteroatoms. The van der Waals surface area contributed by atoms with E-state index in [9.17, 15) is 22.4 Å². The van der Waals surface area contributed by atoms with Gasteiger partial charge in [0.2, 0.25) is 0 Å². The van der Waals surface area contributed by atoms with Gasteiger partial charge in [0.1, 0.15) is 17.0 Å². The molecule has 1 heterocycles. The molecule has 1 saturated heterocycles. The normalized spacial score (nSPS) is 17.1. The van der Waals surface area contributed by atoms with Crippen molar-refractivity contribution in [2.45, 2.75) is 32.0 Å². The van der Waals surface area contributed by atoms with E-state index in [1.165, 1.54) is 31.3 Å². The van der Waals surface area contributed by atoms with Gasteiger partial charge in [-0.25, -0.2) is 4.39 Å². The first-order valence-corrected chi connectivity index (χ1v) is 12.8. The number of anilines is 2.